The molecule has 1 saturated heterocycles. The zero-order chi connectivity index (χ0) is 23.8. The van der Waals surface area contributed by atoms with Crippen LogP contribution in [0.5, 0.6) is 0 Å². The number of pyridine rings is 2. The average Bonchev–Trinajstić information content (AvgIpc) is 3.28. The molecule has 3 aromatic heterocycles. The second-order valence-electron chi connectivity index (χ2n) is 9.96. The van der Waals surface area contributed by atoms with Crippen LogP contribution < -0.4 is 16.0 Å². The SMILES string of the molecule is C=C/C=c1/nc2c3ccc(B4OC(C)(C)C(C)(C)O4)cc3n3c4ccccc4nc3c2cc1=C. The Hall–Kier alpha value is -3.48. The minimum Gasteiger partial charge on any atom is -0.399 e. The predicted octanol–water partition coefficient (Wildman–Crippen LogP) is 3.86. The van der Waals surface area contributed by atoms with Gasteiger partial charge < -0.3 is 9.31 Å². The van der Waals surface area contributed by atoms with E-state index in [1.165, 1.54) is 0 Å². The molecule has 0 amide bonds. The van der Waals surface area contributed by atoms with Gasteiger partial charge in [0.25, 0.3) is 0 Å². The zero-order valence-electron chi connectivity index (χ0n) is 19.9. The molecule has 0 saturated carbocycles. The molecule has 0 unspecified atom stereocenters. The summed E-state index contributed by atoms with van der Waals surface area (Å²) in [4.78, 5) is 9.97. The molecule has 0 aliphatic carbocycles. The minimum atomic E-state index is -0.449. The van der Waals surface area contributed by atoms with E-state index in [1.54, 1.807) is 6.08 Å². The maximum atomic E-state index is 6.35. The Morgan fingerprint density at radius 3 is 2.38 bits per heavy atom. The number of para-hydroxylation sites is 2. The van der Waals surface area contributed by atoms with Crippen LogP contribution in [0.25, 0.3) is 51.1 Å². The summed E-state index contributed by atoms with van der Waals surface area (Å²) in [6, 6.07) is 16.6. The van der Waals surface area contributed by atoms with Crippen molar-refractivity contribution in [3.8, 4) is 0 Å². The predicted molar refractivity (Wildman–Crippen MR) is 141 cm³/mol. The summed E-state index contributed by atoms with van der Waals surface area (Å²) >= 11 is 0. The Kier molecular flexibility index (Phi) is 4.35. The first kappa shape index (κ1) is 21.1. The van der Waals surface area contributed by atoms with Crippen LogP contribution in [0.3, 0.4) is 0 Å². The van der Waals surface area contributed by atoms with E-state index in [1.807, 2.05) is 24.3 Å². The van der Waals surface area contributed by atoms with Gasteiger partial charge in [-0.25, -0.2) is 9.97 Å². The van der Waals surface area contributed by atoms with Gasteiger partial charge in [-0.05, 0) is 68.7 Å². The lowest BCUT2D eigenvalue weighted by Gasteiger charge is -2.32. The number of fused-ring (bicyclic) bond motifs is 8. The molecule has 6 rings (SSSR count). The van der Waals surface area contributed by atoms with Crippen molar-refractivity contribution >= 4 is 63.7 Å². The lowest BCUT2D eigenvalue weighted by Crippen LogP contribution is -2.41. The summed E-state index contributed by atoms with van der Waals surface area (Å²) in [7, 11) is -0.449. The third-order valence-corrected chi connectivity index (χ3v) is 7.26. The molecular formula is C28H26BN3O2. The number of imidazole rings is 1. The summed E-state index contributed by atoms with van der Waals surface area (Å²) in [5.41, 5.74) is 4.89. The van der Waals surface area contributed by atoms with Crippen LogP contribution in [0, 0.1) is 0 Å². The first-order chi connectivity index (χ1) is 16.2. The van der Waals surface area contributed by atoms with Gasteiger partial charge in [0.1, 0.15) is 5.65 Å². The molecule has 0 bridgehead atoms. The molecule has 168 valence electrons. The Morgan fingerprint density at radius 2 is 1.65 bits per heavy atom. The molecule has 1 aliphatic rings. The fourth-order valence-electron chi connectivity index (χ4n) is 4.71. The molecule has 4 heterocycles. The number of benzene rings is 2. The third kappa shape index (κ3) is 2.89. The third-order valence-electron chi connectivity index (χ3n) is 7.26. The van der Waals surface area contributed by atoms with Crippen molar-refractivity contribution in [1.82, 2.24) is 14.4 Å². The largest absolute Gasteiger partial charge is 0.494 e. The Bertz CT molecular complexity index is 1750. The Labute approximate surface area is 198 Å². The molecule has 2 aromatic carbocycles. The number of allylic oxidation sites excluding steroid dienone is 1. The van der Waals surface area contributed by atoms with Crippen molar-refractivity contribution in [2.45, 2.75) is 38.9 Å². The number of aromatic nitrogens is 3. The van der Waals surface area contributed by atoms with Crippen LogP contribution in [0.1, 0.15) is 27.7 Å². The topological polar surface area (TPSA) is 48.7 Å². The van der Waals surface area contributed by atoms with Gasteiger partial charge in [0, 0.05) is 10.8 Å². The van der Waals surface area contributed by atoms with Crippen molar-refractivity contribution in [2.75, 3.05) is 0 Å². The van der Waals surface area contributed by atoms with Crippen LogP contribution in [-0.2, 0) is 9.31 Å². The maximum absolute atomic E-state index is 6.35. The van der Waals surface area contributed by atoms with Gasteiger partial charge in [-0.1, -0.05) is 43.5 Å². The molecule has 0 spiro atoms. The molecule has 34 heavy (non-hydrogen) atoms. The molecule has 0 N–H and O–H groups in total. The number of hydrogen-bond donors (Lipinski definition) is 0. The molecule has 5 nitrogen and oxygen atoms in total. The van der Waals surface area contributed by atoms with Crippen LogP contribution in [-0.4, -0.2) is 32.7 Å². The molecule has 0 atom stereocenters. The van der Waals surface area contributed by atoms with Crippen molar-refractivity contribution in [3.63, 3.8) is 0 Å². The van der Waals surface area contributed by atoms with Crippen molar-refractivity contribution < 1.29 is 9.31 Å². The highest BCUT2D eigenvalue weighted by molar-refractivity contribution is 6.62. The monoisotopic (exact) mass is 447 g/mol. The molecule has 1 fully saturated rings. The maximum Gasteiger partial charge on any atom is 0.494 e. The standard InChI is InChI=1S/C28H26BN3O2/c1-7-10-21-17(2)15-20-25(30-21)19-14-13-18(29-33-27(3,4)28(5,6)34-29)16-24(19)32-23-12-9-8-11-22(23)31-26(20)32/h7-16H,1-2H2,3-6H3/b21-10+. The summed E-state index contributed by atoms with van der Waals surface area (Å²) < 4.78 is 14.9. The number of rotatable bonds is 2. The van der Waals surface area contributed by atoms with E-state index in [0.29, 0.717) is 0 Å². The van der Waals surface area contributed by atoms with Crippen LogP contribution in [0.2, 0.25) is 0 Å². The van der Waals surface area contributed by atoms with Crippen molar-refractivity contribution in [2.24, 2.45) is 0 Å². The van der Waals surface area contributed by atoms with E-state index < -0.39 is 18.3 Å². The van der Waals surface area contributed by atoms with Crippen LogP contribution in [0.15, 0.2) is 61.2 Å². The van der Waals surface area contributed by atoms with Gasteiger partial charge in [0.05, 0.1) is 38.6 Å². The minimum absolute atomic E-state index is 0.408. The van der Waals surface area contributed by atoms with Crippen molar-refractivity contribution in [1.29, 1.82) is 0 Å². The van der Waals surface area contributed by atoms with Crippen LogP contribution in [0.4, 0.5) is 0 Å². The van der Waals surface area contributed by atoms with Gasteiger partial charge in [-0.3, -0.25) is 4.40 Å². The lowest BCUT2D eigenvalue weighted by atomic mass is 9.78. The van der Waals surface area contributed by atoms with E-state index in [-0.39, 0.29) is 0 Å². The van der Waals surface area contributed by atoms with E-state index in [4.69, 9.17) is 19.3 Å². The summed E-state index contributed by atoms with van der Waals surface area (Å²) in [5, 5.41) is 3.65. The number of nitrogens with zero attached hydrogens (tertiary/aromatic N) is 3. The van der Waals surface area contributed by atoms with E-state index >= 15 is 0 Å². The van der Waals surface area contributed by atoms with Crippen molar-refractivity contribution in [3.05, 3.63) is 71.8 Å². The molecular weight excluding hydrogens is 421 g/mol. The Morgan fingerprint density at radius 1 is 0.912 bits per heavy atom. The summed E-state index contributed by atoms with van der Waals surface area (Å²) in [5.74, 6) is 0. The highest BCUT2D eigenvalue weighted by Gasteiger charge is 2.51. The smallest absolute Gasteiger partial charge is 0.399 e. The fraction of sp³-hybridized carbons (Fsp3) is 0.214. The lowest BCUT2D eigenvalue weighted by molar-refractivity contribution is 0.00578. The number of hydrogen-bond acceptors (Lipinski definition) is 4. The second kappa shape index (κ2) is 7.01. The van der Waals surface area contributed by atoms with Gasteiger partial charge in [-0.15, -0.1) is 0 Å². The van der Waals surface area contributed by atoms with Crippen LogP contribution >= 0.6 is 0 Å². The quantitative estimate of drug-likeness (QED) is 0.305. The normalized spacial score (nSPS) is 18.0. The average molecular weight is 447 g/mol. The molecule has 6 heteroatoms. The van der Waals surface area contributed by atoms with E-state index in [2.05, 4.69) is 75.6 Å². The fourth-order valence-corrected chi connectivity index (χ4v) is 4.71. The molecule has 1 aliphatic heterocycles. The van der Waals surface area contributed by atoms with E-state index in [0.717, 1.165) is 54.5 Å². The first-order valence-corrected chi connectivity index (χ1v) is 11.5. The van der Waals surface area contributed by atoms with Gasteiger partial charge in [-0.2, -0.15) is 0 Å². The first-order valence-electron chi connectivity index (χ1n) is 11.5. The molecule has 0 radical (unpaired) electrons. The zero-order valence-corrected chi connectivity index (χ0v) is 19.9. The van der Waals surface area contributed by atoms with E-state index in [9.17, 15) is 0 Å². The summed E-state index contributed by atoms with van der Waals surface area (Å²) in [6.45, 7) is 16.3. The van der Waals surface area contributed by atoms with Gasteiger partial charge in [0.15, 0.2) is 0 Å². The Balaban J connectivity index is 1.74. The highest BCUT2D eigenvalue weighted by atomic mass is 16.7. The van der Waals surface area contributed by atoms with Gasteiger partial charge >= 0.3 is 7.12 Å². The molecule has 5 aromatic rings. The second-order valence-corrected chi connectivity index (χ2v) is 9.96. The summed E-state index contributed by atoms with van der Waals surface area (Å²) in [6.07, 6.45) is 3.63. The van der Waals surface area contributed by atoms with Gasteiger partial charge in [0.2, 0.25) is 0 Å². The highest BCUT2D eigenvalue weighted by Crippen LogP contribution is 2.37.